The minimum Gasteiger partial charge on any atom is -1.00 e. The van der Waals surface area contributed by atoms with Crippen molar-refractivity contribution >= 4 is 0 Å². The van der Waals surface area contributed by atoms with Crippen molar-refractivity contribution in [3.8, 4) is 5.75 Å². The summed E-state index contributed by atoms with van der Waals surface area (Å²) in [6.45, 7) is 1.05. The lowest BCUT2D eigenvalue weighted by molar-refractivity contribution is -0.884. The third-order valence-corrected chi connectivity index (χ3v) is 1.82. The van der Waals surface area contributed by atoms with Crippen molar-refractivity contribution in [1.29, 1.82) is 0 Å². The molecule has 0 atom stereocenters. The van der Waals surface area contributed by atoms with Gasteiger partial charge in [-0.1, -0.05) is 0 Å². The second-order valence-electron chi connectivity index (χ2n) is 4.30. The Kier molecular flexibility index (Phi) is 5.16. The van der Waals surface area contributed by atoms with Gasteiger partial charge in [-0.2, -0.15) is 0 Å². The fraction of sp³-hybridized carbons (Fsp3) is 0.455. The van der Waals surface area contributed by atoms with Crippen LogP contribution in [0.15, 0.2) is 24.3 Å². The van der Waals surface area contributed by atoms with Crippen LogP contribution in [0, 0.1) is 0 Å². The second-order valence-corrected chi connectivity index (χ2v) is 4.30. The van der Waals surface area contributed by atoms with Crippen LogP contribution in [-0.2, 0) is 6.54 Å². The second kappa shape index (κ2) is 5.37. The number of benzene rings is 1. The van der Waals surface area contributed by atoms with E-state index in [0.717, 1.165) is 16.8 Å². The molecule has 0 aliphatic carbocycles. The lowest BCUT2D eigenvalue weighted by Crippen LogP contribution is -3.00. The fourth-order valence-corrected chi connectivity index (χ4v) is 1.28. The molecule has 0 bridgehead atoms. The van der Waals surface area contributed by atoms with Gasteiger partial charge in [0.2, 0.25) is 0 Å². The molecule has 0 heterocycles. The van der Waals surface area contributed by atoms with Crippen LogP contribution in [-0.4, -0.2) is 32.7 Å². The average Bonchev–Trinajstić information content (AvgIpc) is 2.03. The predicted molar refractivity (Wildman–Crippen MR) is 54.7 cm³/mol. The summed E-state index contributed by atoms with van der Waals surface area (Å²) in [5.41, 5.74) is 1.34. The van der Waals surface area contributed by atoms with Gasteiger partial charge in [-0.05, 0) is 24.3 Å². The Labute approximate surface area is 96.9 Å². The molecule has 0 saturated heterocycles. The molecule has 1 rings (SSSR count). The zero-order valence-electron chi connectivity index (χ0n) is 9.25. The molecule has 3 heteroatoms. The normalized spacial score (nSPS) is 10.6. The Morgan fingerprint density at radius 1 is 1.07 bits per heavy atom. The van der Waals surface area contributed by atoms with E-state index in [2.05, 4.69) is 33.3 Å². The van der Waals surface area contributed by atoms with Gasteiger partial charge in [-0.15, -0.1) is 0 Å². The molecule has 0 unspecified atom stereocenters. The Morgan fingerprint density at radius 3 is 1.93 bits per heavy atom. The molecular formula is C11H18BrNO. The van der Waals surface area contributed by atoms with Crippen LogP contribution in [0.3, 0.4) is 0 Å². The van der Waals surface area contributed by atoms with E-state index in [1.165, 1.54) is 5.56 Å². The molecule has 0 amide bonds. The van der Waals surface area contributed by atoms with Gasteiger partial charge in [-0.3, -0.25) is 0 Å². The van der Waals surface area contributed by atoms with Gasteiger partial charge in [0.05, 0.1) is 28.3 Å². The Balaban J connectivity index is 0.00000169. The Hall–Kier alpha value is -0.540. The minimum absolute atomic E-state index is 0. The van der Waals surface area contributed by atoms with E-state index >= 15 is 0 Å². The molecule has 2 nitrogen and oxygen atoms in total. The molecule has 0 N–H and O–H groups in total. The molecule has 0 aliphatic rings. The van der Waals surface area contributed by atoms with E-state index in [-0.39, 0.29) is 17.0 Å². The first-order chi connectivity index (χ1) is 6.01. The van der Waals surface area contributed by atoms with Crippen molar-refractivity contribution in [1.82, 2.24) is 0 Å². The Bertz CT molecular complexity index is 264. The van der Waals surface area contributed by atoms with Crippen molar-refractivity contribution in [2.75, 3.05) is 28.3 Å². The summed E-state index contributed by atoms with van der Waals surface area (Å²) in [6.07, 6.45) is 0. The maximum absolute atomic E-state index is 5.09. The van der Waals surface area contributed by atoms with Gasteiger partial charge in [-0.25, -0.2) is 0 Å². The highest BCUT2D eigenvalue weighted by Gasteiger charge is 2.07. The van der Waals surface area contributed by atoms with Gasteiger partial charge < -0.3 is 26.2 Å². The highest BCUT2D eigenvalue weighted by molar-refractivity contribution is 5.26. The number of methoxy groups -OCH3 is 1. The zero-order valence-corrected chi connectivity index (χ0v) is 10.8. The van der Waals surface area contributed by atoms with Crippen LogP contribution < -0.4 is 21.7 Å². The molecule has 0 radical (unpaired) electrons. The summed E-state index contributed by atoms with van der Waals surface area (Å²) < 4.78 is 6.04. The van der Waals surface area contributed by atoms with E-state index < -0.39 is 0 Å². The number of hydrogen-bond acceptors (Lipinski definition) is 1. The highest BCUT2D eigenvalue weighted by Crippen LogP contribution is 2.13. The quantitative estimate of drug-likeness (QED) is 0.627. The average molecular weight is 260 g/mol. The standard InChI is InChI=1S/C11H18NO.BrH/c1-12(2,3)9-10-5-7-11(13-4)8-6-10;/h5-8H,9H2,1-4H3;1H/q+1;/p-1. The van der Waals surface area contributed by atoms with Gasteiger partial charge >= 0.3 is 0 Å². The van der Waals surface area contributed by atoms with Gasteiger partial charge in [0.15, 0.2) is 0 Å². The fourth-order valence-electron chi connectivity index (χ4n) is 1.28. The zero-order chi connectivity index (χ0) is 9.90. The molecule has 0 aliphatic heterocycles. The molecular weight excluding hydrogens is 242 g/mol. The van der Waals surface area contributed by atoms with E-state index in [0.29, 0.717) is 0 Å². The largest absolute Gasteiger partial charge is 1.00 e. The third kappa shape index (κ3) is 4.63. The van der Waals surface area contributed by atoms with Crippen molar-refractivity contribution < 1.29 is 26.2 Å². The van der Waals surface area contributed by atoms with Crippen LogP contribution in [0.1, 0.15) is 5.56 Å². The smallest absolute Gasteiger partial charge is 0.118 e. The van der Waals surface area contributed by atoms with Gasteiger partial charge in [0.25, 0.3) is 0 Å². The van der Waals surface area contributed by atoms with Crippen LogP contribution >= 0.6 is 0 Å². The lowest BCUT2D eigenvalue weighted by Gasteiger charge is -2.23. The summed E-state index contributed by atoms with van der Waals surface area (Å²) >= 11 is 0. The molecule has 0 spiro atoms. The first-order valence-electron chi connectivity index (χ1n) is 4.45. The summed E-state index contributed by atoms with van der Waals surface area (Å²) in [5, 5.41) is 0. The van der Waals surface area contributed by atoms with E-state index in [9.17, 15) is 0 Å². The molecule has 0 fully saturated rings. The first-order valence-corrected chi connectivity index (χ1v) is 4.45. The van der Waals surface area contributed by atoms with Crippen molar-refractivity contribution in [3.63, 3.8) is 0 Å². The summed E-state index contributed by atoms with van der Waals surface area (Å²) in [4.78, 5) is 0. The van der Waals surface area contributed by atoms with Crippen molar-refractivity contribution in [2.45, 2.75) is 6.54 Å². The number of ether oxygens (including phenoxy) is 1. The number of rotatable bonds is 3. The highest BCUT2D eigenvalue weighted by atomic mass is 79.9. The molecule has 0 saturated carbocycles. The van der Waals surface area contributed by atoms with Gasteiger partial charge in [0.1, 0.15) is 12.3 Å². The molecule has 1 aromatic carbocycles. The van der Waals surface area contributed by atoms with Crippen LogP contribution in [0.2, 0.25) is 0 Å². The number of quaternary nitrogens is 1. The Morgan fingerprint density at radius 2 is 1.57 bits per heavy atom. The SMILES string of the molecule is COc1ccc(C[N+](C)(C)C)cc1.[Br-]. The van der Waals surface area contributed by atoms with Crippen molar-refractivity contribution in [2.24, 2.45) is 0 Å². The maximum Gasteiger partial charge on any atom is 0.118 e. The summed E-state index contributed by atoms with van der Waals surface area (Å²) in [7, 11) is 8.24. The third-order valence-electron chi connectivity index (χ3n) is 1.82. The number of hydrogen-bond donors (Lipinski definition) is 0. The number of nitrogens with zero attached hydrogens (tertiary/aromatic N) is 1. The summed E-state index contributed by atoms with van der Waals surface area (Å²) in [5.74, 6) is 0.921. The minimum atomic E-state index is 0. The molecule has 14 heavy (non-hydrogen) atoms. The van der Waals surface area contributed by atoms with E-state index in [1.54, 1.807) is 7.11 Å². The maximum atomic E-state index is 5.09. The monoisotopic (exact) mass is 259 g/mol. The van der Waals surface area contributed by atoms with E-state index in [1.807, 2.05) is 12.1 Å². The lowest BCUT2D eigenvalue weighted by atomic mass is 10.2. The summed E-state index contributed by atoms with van der Waals surface area (Å²) in [6, 6.07) is 8.24. The van der Waals surface area contributed by atoms with Gasteiger partial charge in [0, 0.05) is 5.56 Å². The van der Waals surface area contributed by atoms with E-state index in [4.69, 9.17) is 4.74 Å². The molecule has 0 aromatic heterocycles. The number of halogens is 1. The van der Waals surface area contributed by atoms with Crippen LogP contribution in [0.25, 0.3) is 0 Å². The van der Waals surface area contributed by atoms with Crippen molar-refractivity contribution in [3.05, 3.63) is 29.8 Å². The topological polar surface area (TPSA) is 9.23 Å². The van der Waals surface area contributed by atoms with Crippen LogP contribution in [0.4, 0.5) is 0 Å². The predicted octanol–water partition coefficient (Wildman–Crippen LogP) is -1.09. The molecule has 80 valence electrons. The van der Waals surface area contributed by atoms with Crippen LogP contribution in [0.5, 0.6) is 5.75 Å². The first kappa shape index (κ1) is 13.5. The molecule has 1 aromatic rings.